The van der Waals surface area contributed by atoms with Gasteiger partial charge in [0.05, 0.1) is 20.8 Å². The highest BCUT2D eigenvalue weighted by molar-refractivity contribution is 7.80. The first-order valence-electron chi connectivity index (χ1n) is 13.1. The Morgan fingerprint density at radius 1 is 1.11 bits per heavy atom. The van der Waals surface area contributed by atoms with Gasteiger partial charge in [-0.15, -0.1) is 0 Å². The smallest absolute Gasteiger partial charge is 0.291 e. The van der Waals surface area contributed by atoms with Gasteiger partial charge in [0.1, 0.15) is 11.9 Å². The van der Waals surface area contributed by atoms with Gasteiger partial charge < -0.3 is 19.1 Å². The van der Waals surface area contributed by atoms with Crippen LogP contribution in [0, 0.1) is 11.2 Å². The molecule has 1 amide bonds. The molecule has 206 valence electrons. The lowest BCUT2D eigenvalue weighted by Crippen LogP contribution is -2.55. The van der Waals surface area contributed by atoms with Crippen molar-refractivity contribution in [3.8, 4) is 11.5 Å². The molecular weight excluding hydrogens is 505 g/mol. The van der Waals surface area contributed by atoms with Crippen LogP contribution in [0.25, 0.3) is 0 Å². The zero-order valence-electron chi connectivity index (χ0n) is 22.9. The molecule has 1 fully saturated rings. The Labute approximate surface area is 230 Å². The van der Waals surface area contributed by atoms with E-state index in [0.29, 0.717) is 43.9 Å². The van der Waals surface area contributed by atoms with Crippen molar-refractivity contribution in [2.45, 2.75) is 64.8 Å². The number of carbonyl (C=O) groups is 2. The number of ketones is 1. The van der Waals surface area contributed by atoms with Gasteiger partial charge in [0, 0.05) is 17.9 Å². The van der Waals surface area contributed by atoms with Crippen molar-refractivity contribution in [1.29, 1.82) is 0 Å². The quantitative estimate of drug-likeness (QED) is 0.200. The third-order valence-corrected chi connectivity index (χ3v) is 7.76. The number of methoxy groups -OCH3 is 2. The van der Waals surface area contributed by atoms with E-state index in [1.807, 2.05) is 31.2 Å². The van der Waals surface area contributed by atoms with Crippen molar-refractivity contribution in [3.63, 3.8) is 0 Å². The summed E-state index contributed by atoms with van der Waals surface area (Å²) in [5.74, 6) is -0.219. The van der Waals surface area contributed by atoms with E-state index in [0.717, 1.165) is 24.0 Å². The van der Waals surface area contributed by atoms with Crippen LogP contribution in [0.3, 0.4) is 0 Å². The van der Waals surface area contributed by atoms with Crippen LogP contribution >= 0.6 is 12.2 Å². The first kappa shape index (κ1) is 29.6. The third kappa shape index (κ3) is 6.90. The van der Waals surface area contributed by atoms with E-state index < -0.39 is 23.1 Å². The Balaban J connectivity index is 1.86. The molecule has 0 aliphatic carbocycles. The predicted octanol–water partition coefficient (Wildman–Crippen LogP) is 5.90. The summed E-state index contributed by atoms with van der Waals surface area (Å²) in [5.41, 5.74) is 1.04. The Kier molecular flexibility index (Phi) is 10.3. The van der Waals surface area contributed by atoms with Crippen LogP contribution < -0.4 is 9.47 Å². The molecule has 1 aliphatic rings. The molecule has 0 saturated carbocycles. The van der Waals surface area contributed by atoms with Gasteiger partial charge >= 0.3 is 0 Å². The Bertz CT molecular complexity index is 1150. The number of piperidine rings is 1. The fraction of sp³-hybridized carbons (Fsp3) is 0.500. The molecule has 1 heterocycles. The number of rotatable bonds is 11. The fourth-order valence-electron chi connectivity index (χ4n) is 4.75. The summed E-state index contributed by atoms with van der Waals surface area (Å²) in [7, 11) is 3.16. The van der Waals surface area contributed by atoms with Crippen LogP contribution in [0.15, 0.2) is 42.5 Å². The maximum absolute atomic E-state index is 13.5. The number of amides is 1. The monoisotopic (exact) mass is 543 g/mol. The highest BCUT2D eigenvalue weighted by Crippen LogP contribution is 2.39. The van der Waals surface area contributed by atoms with Crippen LogP contribution in [0.1, 0.15) is 63.5 Å². The normalized spacial score (nSPS) is 17.6. The summed E-state index contributed by atoms with van der Waals surface area (Å²) >= 11 is 5.77. The summed E-state index contributed by atoms with van der Waals surface area (Å²) in [6.45, 7) is 6.22. The van der Waals surface area contributed by atoms with Gasteiger partial charge in [0.2, 0.25) is 5.78 Å². The molecule has 2 atom stereocenters. The van der Waals surface area contributed by atoms with Crippen molar-refractivity contribution in [2.75, 3.05) is 27.4 Å². The molecule has 38 heavy (non-hydrogen) atoms. The summed E-state index contributed by atoms with van der Waals surface area (Å²) in [6.07, 6.45) is 3.31. The lowest BCUT2D eigenvalue weighted by atomic mass is 9.81. The average Bonchev–Trinajstić information content (AvgIpc) is 2.93. The van der Waals surface area contributed by atoms with E-state index in [4.69, 9.17) is 26.4 Å². The maximum Gasteiger partial charge on any atom is 0.291 e. The molecule has 6 nitrogen and oxygen atoms in total. The zero-order chi connectivity index (χ0) is 27.9. The lowest BCUT2D eigenvalue weighted by molar-refractivity contribution is -0.151. The molecular formula is C30H38FNO5S. The topological polar surface area (TPSA) is 65.1 Å². The summed E-state index contributed by atoms with van der Waals surface area (Å²) in [4.78, 5) is 28.3. The number of Topliss-reactive ketones (excluding diaryl/α,β-unsaturated/α-hetero) is 1. The summed E-state index contributed by atoms with van der Waals surface area (Å²) in [5, 5.41) is 0.277. The third-order valence-electron chi connectivity index (χ3n) is 7.41. The lowest BCUT2D eigenvalue weighted by Gasteiger charge is -2.42. The number of nitrogens with zero attached hydrogens (tertiary/aromatic N) is 1. The molecule has 1 aliphatic heterocycles. The molecule has 1 saturated heterocycles. The first-order chi connectivity index (χ1) is 18.1. The number of likely N-dealkylation sites (tertiary alicyclic amines) is 1. The number of carbonyl (C=O) groups excluding carboxylic acids is 2. The standard InChI is InChI=1S/C30H38FNO5S/c1-6-30(2,3)27(33)28(34)32-16-8-13-23(21-14-15-24(35-4)25(19-21)36-5)26(32)29(38)37-17-9-11-20-10-7-12-22(31)18-20/h7,10,12,14-15,18-19,23,26H,6,8-9,11,13,16-17H2,1-5H3. The summed E-state index contributed by atoms with van der Waals surface area (Å²) in [6, 6.07) is 11.6. The van der Waals surface area contributed by atoms with Gasteiger partial charge in [-0.25, -0.2) is 4.39 Å². The van der Waals surface area contributed by atoms with Crippen LogP contribution in [0.4, 0.5) is 4.39 Å². The number of aryl methyl sites for hydroxylation is 1. The molecule has 8 heteroatoms. The minimum absolute atomic E-state index is 0.180. The number of thiocarbonyl (C=S) groups is 1. The van der Waals surface area contributed by atoms with Crippen molar-refractivity contribution in [2.24, 2.45) is 5.41 Å². The Morgan fingerprint density at radius 2 is 1.84 bits per heavy atom. The maximum atomic E-state index is 13.5. The molecule has 2 aromatic carbocycles. The number of hydrogen-bond acceptors (Lipinski definition) is 6. The van der Waals surface area contributed by atoms with Crippen LogP contribution in [-0.2, 0) is 20.7 Å². The second-order valence-electron chi connectivity index (χ2n) is 10.3. The van der Waals surface area contributed by atoms with E-state index in [1.54, 1.807) is 39.0 Å². The highest BCUT2D eigenvalue weighted by Gasteiger charge is 2.43. The average molecular weight is 544 g/mol. The Hall–Kier alpha value is -3.00. The predicted molar refractivity (Wildman–Crippen MR) is 149 cm³/mol. The minimum Gasteiger partial charge on any atom is -0.493 e. The molecule has 0 aromatic heterocycles. The van der Waals surface area contributed by atoms with Crippen molar-refractivity contribution in [3.05, 3.63) is 59.4 Å². The van der Waals surface area contributed by atoms with Crippen LogP contribution in [0.5, 0.6) is 11.5 Å². The van der Waals surface area contributed by atoms with Crippen molar-refractivity contribution >= 4 is 29.0 Å². The van der Waals surface area contributed by atoms with Gasteiger partial charge in [0.25, 0.3) is 5.91 Å². The number of ether oxygens (including phenoxy) is 3. The van der Waals surface area contributed by atoms with Crippen LogP contribution in [0.2, 0.25) is 0 Å². The number of hydrogen-bond donors (Lipinski definition) is 0. The highest BCUT2D eigenvalue weighted by atomic mass is 32.1. The van der Waals surface area contributed by atoms with Gasteiger partial charge in [0.15, 0.2) is 16.5 Å². The molecule has 2 aromatic rings. The van der Waals surface area contributed by atoms with Gasteiger partial charge in [-0.2, -0.15) is 0 Å². The van der Waals surface area contributed by atoms with Gasteiger partial charge in [-0.05, 0) is 79.7 Å². The van der Waals surface area contributed by atoms with Gasteiger partial charge in [-0.3, -0.25) is 9.59 Å². The second kappa shape index (κ2) is 13.2. The van der Waals surface area contributed by atoms with Crippen molar-refractivity contribution in [1.82, 2.24) is 4.90 Å². The fourth-order valence-corrected chi connectivity index (χ4v) is 5.13. The molecule has 0 N–H and O–H groups in total. The SMILES string of the molecule is CCC(C)(C)C(=O)C(=O)N1CCCC(c2ccc(OC)c(OC)c2)C1C(=S)OCCCc1cccc(F)c1. The largest absolute Gasteiger partial charge is 0.493 e. The molecule has 0 radical (unpaired) electrons. The van der Waals surface area contributed by atoms with Gasteiger partial charge in [-0.1, -0.05) is 39.0 Å². The zero-order valence-corrected chi connectivity index (χ0v) is 23.7. The van der Waals surface area contributed by atoms with E-state index >= 15 is 0 Å². The van der Waals surface area contributed by atoms with Crippen molar-refractivity contribution < 1.29 is 28.2 Å². The Morgan fingerprint density at radius 3 is 2.50 bits per heavy atom. The molecule has 2 unspecified atom stereocenters. The minimum atomic E-state index is -0.772. The van der Waals surface area contributed by atoms with Crippen LogP contribution in [-0.4, -0.2) is 55.1 Å². The number of halogens is 1. The summed E-state index contributed by atoms with van der Waals surface area (Å²) < 4.78 is 30.5. The van der Waals surface area contributed by atoms with E-state index in [1.165, 1.54) is 12.1 Å². The molecule has 0 bridgehead atoms. The molecule has 3 rings (SSSR count). The number of benzene rings is 2. The molecule has 0 spiro atoms. The second-order valence-corrected chi connectivity index (χ2v) is 10.7. The van der Waals surface area contributed by atoms with E-state index in [9.17, 15) is 14.0 Å². The first-order valence-corrected chi connectivity index (χ1v) is 13.5. The van der Waals surface area contributed by atoms with E-state index in [2.05, 4.69) is 0 Å². The van der Waals surface area contributed by atoms with E-state index in [-0.39, 0.29) is 16.8 Å².